The second-order valence-electron chi connectivity index (χ2n) is 5.38. The third-order valence-electron chi connectivity index (χ3n) is 3.45. The fraction of sp³-hybridized carbons (Fsp3) is 0.118. The number of nitrogens with one attached hydrogen (secondary N) is 2. The zero-order chi connectivity index (χ0) is 19.4. The Kier molecular flexibility index (Phi) is 5.31. The van der Waals surface area contributed by atoms with Crippen molar-refractivity contribution in [3.63, 3.8) is 0 Å². The van der Waals surface area contributed by atoms with Crippen LogP contribution in [0.5, 0.6) is 0 Å². The maximum Gasteiger partial charge on any atom is 0.418 e. The Morgan fingerprint density at radius 1 is 1.15 bits per heavy atom. The highest BCUT2D eigenvalue weighted by Gasteiger charge is 2.34. The Labute approximate surface area is 156 Å². The molecule has 2 N–H and O–H groups in total. The summed E-state index contributed by atoms with van der Waals surface area (Å²) in [4.78, 5) is 12.0. The third kappa shape index (κ3) is 4.76. The van der Waals surface area contributed by atoms with E-state index < -0.39 is 17.6 Å². The average Bonchev–Trinajstić information content (AvgIpc) is 3.14. The molecule has 0 aliphatic carbocycles. The number of aromatic nitrogens is 2. The molecule has 0 spiro atoms. The van der Waals surface area contributed by atoms with E-state index in [9.17, 15) is 18.0 Å². The van der Waals surface area contributed by atoms with Crippen LogP contribution in [0.25, 0.3) is 0 Å². The molecule has 6 nitrogen and oxygen atoms in total. The van der Waals surface area contributed by atoms with Gasteiger partial charge in [-0.2, -0.15) is 13.2 Å². The number of carbonyl (C=O) groups is 1. The van der Waals surface area contributed by atoms with Crippen molar-refractivity contribution in [2.45, 2.75) is 12.7 Å². The summed E-state index contributed by atoms with van der Waals surface area (Å²) in [7, 11) is 0. The Balaban J connectivity index is 1.70. The molecule has 0 aliphatic rings. The lowest BCUT2D eigenvalue weighted by Crippen LogP contribution is -2.24. The lowest BCUT2D eigenvalue weighted by atomic mass is 10.1. The smallest absolute Gasteiger partial charge is 0.418 e. The standard InChI is InChI=1S/C17H12ClF3N4O2/c18-10-3-4-13(12(8-10)17(19,20)21)23-15-6-5-14(24-25-15)16(26)22-9-11-2-1-7-27-11/h1-8H,9H2,(H,22,26)(H,23,25). The number of nitrogens with zero attached hydrogens (tertiary/aromatic N) is 2. The van der Waals surface area contributed by atoms with E-state index in [2.05, 4.69) is 20.8 Å². The summed E-state index contributed by atoms with van der Waals surface area (Å²) >= 11 is 5.64. The molecule has 1 amide bonds. The first-order valence-electron chi connectivity index (χ1n) is 7.61. The second-order valence-corrected chi connectivity index (χ2v) is 5.81. The molecular formula is C17H12ClF3N4O2. The van der Waals surface area contributed by atoms with Crippen LogP contribution < -0.4 is 10.6 Å². The van der Waals surface area contributed by atoms with E-state index in [0.717, 1.165) is 6.07 Å². The number of amides is 1. The van der Waals surface area contributed by atoms with Gasteiger partial charge >= 0.3 is 6.18 Å². The van der Waals surface area contributed by atoms with Gasteiger partial charge in [-0.1, -0.05) is 11.6 Å². The van der Waals surface area contributed by atoms with E-state index >= 15 is 0 Å². The number of alkyl halides is 3. The zero-order valence-corrected chi connectivity index (χ0v) is 14.3. The molecule has 3 rings (SSSR count). The highest BCUT2D eigenvalue weighted by molar-refractivity contribution is 6.30. The van der Waals surface area contributed by atoms with Crippen molar-refractivity contribution in [1.29, 1.82) is 0 Å². The zero-order valence-electron chi connectivity index (χ0n) is 13.5. The van der Waals surface area contributed by atoms with Crippen LogP contribution >= 0.6 is 11.6 Å². The molecule has 0 saturated carbocycles. The number of furan rings is 1. The summed E-state index contributed by atoms with van der Waals surface area (Å²) in [6, 6.07) is 9.41. The van der Waals surface area contributed by atoms with Gasteiger partial charge in [0.2, 0.25) is 0 Å². The predicted octanol–water partition coefficient (Wildman–Crippen LogP) is 4.42. The molecule has 0 atom stereocenters. The molecule has 0 radical (unpaired) electrons. The molecule has 140 valence electrons. The van der Waals surface area contributed by atoms with Crippen molar-refractivity contribution in [3.8, 4) is 0 Å². The lowest BCUT2D eigenvalue weighted by molar-refractivity contribution is -0.136. The van der Waals surface area contributed by atoms with Crippen molar-refractivity contribution >= 4 is 29.0 Å². The summed E-state index contributed by atoms with van der Waals surface area (Å²) in [6.45, 7) is 0.174. The van der Waals surface area contributed by atoms with Gasteiger partial charge in [0.25, 0.3) is 5.91 Å². The van der Waals surface area contributed by atoms with Crippen molar-refractivity contribution in [2.75, 3.05) is 5.32 Å². The second kappa shape index (κ2) is 7.67. The van der Waals surface area contributed by atoms with E-state index in [1.165, 1.54) is 30.5 Å². The van der Waals surface area contributed by atoms with E-state index in [0.29, 0.717) is 5.76 Å². The minimum Gasteiger partial charge on any atom is -0.467 e. The SMILES string of the molecule is O=C(NCc1ccco1)c1ccc(Nc2ccc(Cl)cc2C(F)(F)F)nn1. The fourth-order valence-electron chi connectivity index (χ4n) is 2.19. The number of hydrogen-bond donors (Lipinski definition) is 2. The molecule has 0 aliphatic heterocycles. The van der Waals surface area contributed by atoms with Gasteiger partial charge in [0.05, 0.1) is 24.1 Å². The molecule has 2 heterocycles. The number of rotatable bonds is 5. The van der Waals surface area contributed by atoms with Gasteiger partial charge in [-0.05, 0) is 42.5 Å². The number of halogens is 4. The molecule has 1 aromatic carbocycles. The first-order valence-corrected chi connectivity index (χ1v) is 7.99. The van der Waals surface area contributed by atoms with Gasteiger partial charge in [0.15, 0.2) is 11.5 Å². The van der Waals surface area contributed by atoms with Crippen LogP contribution in [0.2, 0.25) is 5.02 Å². The van der Waals surface area contributed by atoms with Crippen molar-refractivity contribution in [2.24, 2.45) is 0 Å². The van der Waals surface area contributed by atoms with Crippen LogP contribution in [0.15, 0.2) is 53.1 Å². The predicted molar refractivity (Wildman–Crippen MR) is 91.6 cm³/mol. The van der Waals surface area contributed by atoms with Gasteiger partial charge in [0, 0.05) is 5.02 Å². The molecule has 3 aromatic rings. The summed E-state index contributed by atoms with van der Waals surface area (Å²) in [5.74, 6) is 0.121. The minimum absolute atomic E-state index is 0.0132. The van der Waals surface area contributed by atoms with E-state index in [4.69, 9.17) is 16.0 Å². The monoisotopic (exact) mass is 396 g/mol. The van der Waals surface area contributed by atoms with Crippen LogP contribution in [0, 0.1) is 0 Å². The summed E-state index contributed by atoms with van der Waals surface area (Å²) < 4.78 is 44.4. The van der Waals surface area contributed by atoms with E-state index in [1.807, 2.05) is 0 Å². The molecule has 2 aromatic heterocycles. The number of anilines is 2. The maximum absolute atomic E-state index is 13.1. The fourth-order valence-corrected chi connectivity index (χ4v) is 2.36. The number of hydrogen-bond acceptors (Lipinski definition) is 5. The first-order chi connectivity index (χ1) is 12.8. The average molecular weight is 397 g/mol. The van der Waals surface area contributed by atoms with Crippen molar-refractivity contribution < 1.29 is 22.4 Å². The van der Waals surface area contributed by atoms with Gasteiger partial charge in [0.1, 0.15) is 5.76 Å². The summed E-state index contributed by atoms with van der Waals surface area (Å²) in [6.07, 6.45) is -3.11. The normalized spacial score (nSPS) is 11.3. The van der Waals surface area contributed by atoms with Crippen LogP contribution in [0.1, 0.15) is 21.8 Å². The van der Waals surface area contributed by atoms with Crippen LogP contribution in [-0.4, -0.2) is 16.1 Å². The Hall–Kier alpha value is -3.07. The molecule has 0 fully saturated rings. The largest absolute Gasteiger partial charge is 0.467 e. The molecule has 0 unspecified atom stereocenters. The topological polar surface area (TPSA) is 80.0 Å². The maximum atomic E-state index is 13.1. The van der Waals surface area contributed by atoms with Gasteiger partial charge in [-0.25, -0.2) is 0 Å². The van der Waals surface area contributed by atoms with Gasteiger partial charge in [-0.3, -0.25) is 4.79 Å². The van der Waals surface area contributed by atoms with Gasteiger partial charge in [-0.15, -0.1) is 10.2 Å². The number of benzene rings is 1. The molecule has 27 heavy (non-hydrogen) atoms. The molecule has 0 bridgehead atoms. The third-order valence-corrected chi connectivity index (χ3v) is 3.69. The highest BCUT2D eigenvalue weighted by Crippen LogP contribution is 2.37. The Bertz CT molecular complexity index is 928. The van der Waals surface area contributed by atoms with Crippen LogP contribution in [0.4, 0.5) is 24.7 Å². The molecule has 0 saturated heterocycles. The lowest BCUT2D eigenvalue weighted by Gasteiger charge is -2.14. The number of carbonyl (C=O) groups excluding carboxylic acids is 1. The van der Waals surface area contributed by atoms with Crippen molar-refractivity contribution in [1.82, 2.24) is 15.5 Å². The Morgan fingerprint density at radius 3 is 2.59 bits per heavy atom. The van der Waals surface area contributed by atoms with Crippen molar-refractivity contribution in [3.05, 3.63) is 70.8 Å². The summed E-state index contributed by atoms with van der Waals surface area (Å²) in [5, 5.41) is 12.5. The molecule has 10 heteroatoms. The Morgan fingerprint density at radius 2 is 1.96 bits per heavy atom. The van der Waals surface area contributed by atoms with E-state index in [1.54, 1.807) is 12.1 Å². The van der Waals surface area contributed by atoms with Crippen LogP contribution in [-0.2, 0) is 12.7 Å². The quantitative estimate of drug-likeness (QED) is 0.667. The van der Waals surface area contributed by atoms with Crippen LogP contribution in [0.3, 0.4) is 0 Å². The van der Waals surface area contributed by atoms with Gasteiger partial charge < -0.3 is 15.1 Å². The highest BCUT2D eigenvalue weighted by atomic mass is 35.5. The first kappa shape index (κ1) is 18.7. The van der Waals surface area contributed by atoms with E-state index in [-0.39, 0.29) is 28.8 Å². The minimum atomic E-state index is -4.59. The molecular weight excluding hydrogens is 385 g/mol. The summed E-state index contributed by atoms with van der Waals surface area (Å²) in [5.41, 5.74) is -1.15.